The zero-order chi connectivity index (χ0) is 16.1. The molecule has 2 rings (SSSR count). The van der Waals surface area contributed by atoms with Crippen LogP contribution in [-0.2, 0) is 11.2 Å². The average Bonchev–Trinajstić information content (AvgIpc) is 2.49. The quantitative estimate of drug-likeness (QED) is 0.869. The van der Waals surface area contributed by atoms with Crippen LogP contribution < -0.4 is 5.32 Å². The third-order valence-electron chi connectivity index (χ3n) is 4.07. The SMILES string of the molecule is CCC(NC(=O)Cc1ccc(C)cc1C)c1ccc(C)cc1. The van der Waals surface area contributed by atoms with E-state index < -0.39 is 0 Å². The van der Waals surface area contributed by atoms with Crippen molar-refractivity contribution in [3.05, 3.63) is 70.3 Å². The van der Waals surface area contributed by atoms with Crippen LogP contribution in [0.3, 0.4) is 0 Å². The molecule has 1 unspecified atom stereocenters. The second-order valence-electron chi connectivity index (χ2n) is 6.05. The van der Waals surface area contributed by atoms with E-state index in [2.05, 4.69) is 75.5 Å². The topological polar surface area (TPSA) is 29.1 Å². The number of benzene rings is 2. The predicted molar refractivity (Wildman–Crippen MR) is 92.0 cm³/mol. The molecule has 0 aliphatic heterocycles. The van der Waals surface area contributed by atoms with Crippen LogP contribution >= 0.6 is 0 Å². The molecule has 0 bridgehead atoms. The smallest absolute Gasteiger partial charge is 0.224 e. The molecule has 0 spiro atoms. The predicted octanol–water partition coefficient (Wildman–Crippen LogP) is 4.42. The first-order valence-corrected chi connectivity index (χ1v) is 7.91. The number of carbonyl (C=O) groups excluding carboxylic acids is 1. The lowest BCUT2D eigenvalue weighted by Gasteiger charge is -2.18. The van der Waals surface area contributed by atoms with Crippen molar-refractivity contribution in [1.82, 2.24) is 5.32 Å². The van der Waals surface area contributed by atoms with Crippen LogP contribution in [0, 0.1) is 20.8 Å². The third kappa shape index (κ3) is 4.20. The standard InChI is InChI=1S/C20H25NO/c1-5-19(17-9-6-14(2)7-10-17)21-20(22)13-18-11-8-15(3)12-16(18)4/h6-12,19H,5,13H2,1-4H3,(H,21,22). The molecule has 0 heterocycles. The van der Waals surface area contributed by atoms with Gasteiger partial charge < -0.3 is 5.32 Å². The highest BCUT2D eigenvalue weighted by Crippen LogP contribution is 2.18. The molecule has 0 aliphatic carbocycles. The van der Waals surface area contributed by atoms with Crippen molar-refractivity contribution in [3.8, 4) is 0 Å². The van der Waals surface area contributed by atoms with Gasteiger partial charge in [0.25, 0.3) is 0 Å². The lowest BCUT2D eigenvalue weighted by atomic mass is 10.0. The van der Waals surface area contributed by atoms with Gasteiger partial charge in [0.1, 0.15) is 0 Å². The van der Waals surface area contributed by atoms with Crippen molar-refractivity contribution in [2.75, 3.05) is 0 Å². The Labute approximate surface area is 133 Å². The minimum Gasteiger partial charge on any atom is -0.349 e. The Morgan fingerprint density at radius 2 is 1.64 bits per heavy atom. The molecule has 1 amide bonds. The molecular formula is C20H25NO. The van der Waals surface area contributed by atoms with Crippen molar-refractivity contribution in [3.63, 3.8) is 0 Å². The van der Waals surface area contributed by atoms with E-state index in [1.807, 2.05) is 0 Å². The average molecular weight is 295 g/mol. The minimum atomic E-state index is 0.0823. The molecule has 2 heteroatoms. The molecule has 0 aliphatic rings. The number of hydrogen-bond acceptors (Lipinski definition) is 1. The number of hydrogen-bond donors (Lipinski definition) is 1. The first-order valence-electron chi connectivity index (χ1n) is 7.91. The Morgan fingerprint density at radius 3 is 2.23 bits per heavy atom. The summed E-state index contributed by atoms with van der Waals surface area (Å²) >= 11 is 0. The summed E-state index contributed by atoms with van der Waals surface area (Å²) in [5.74, 6) is 0.0828. The lowest BCUT2D eigenvalue weighted by molar-refractivity contribution is -0.121. The van der Waals surface area contributed by atoms with E-state index in [1.54, 1.807) is 0 Å². The van der Waals surface area contributed by atoms with Crippen molar-refractivity contribution < 1.29 is 4.79 Å². The summed E-state index contributed by atoms with van der Waals surface area (Å²) in [6.45, 7) is 8.31. The second-order valence-corrected chi connectivity index (χ2v) is 6.05. The molecule has 0 saturated carbocycles. The van der Waals surface area contributed by atoms with Crippen molar-refractivity contribution >= 4 is 5.91 Å². The molecular weight excluding hydrogens is 270 g/mol. The van der Waals surface area contributed by atoms with Gasteiger partial charge in [0.05, 0.1) is 12.5 Å². The van der Waals surface area contributed by atoms with Crippen LogP contribution in [0.5, 0.6) is 0 Å². The Kier molecular flexibility index (Phi) is 5.37. The van der Waals surface area contributed by atoms with Gasteiger partial charge in [0.15, 0.2) is 0 Å². The summed E-state index contributed by atoms with van der Waals surface area (Å²) in [4.78, 5) is 12.3. The first-order chi connectivity index (χ1) is 10.5. The molecule has 22 heavy (non-hydrogen) atoms. The van der Waals surface area contributed by atoms with Gasteiger partial charge in [-0.15, -0.1) is 0 Å². The number of amides is 1. The fourth-order valence-corrected chi connectivity index (χ4v) is 2.68. The number of aryl methyl sites for hydroxylation is 3. The van der Waals surface area contributed by atoms with Crippen molar-refractivity contribution in [2.24, 2.45) is 0 Å². The molecule has 2 aromatic carbocycles. The summed E-state index contributed by atoms with van der Waals surface area (Å²) in [5.41, 5.74) is 5.91. The van der Waals surface area contributed by atoms with Crippen LogP contribution in [0.15, 0.2) is 42.5 Å². The van der Waals surface area contributed by atoms with E-state index >= 15 is 0 Å². The molecule has 1 atom stereocenters. The monoisotopic (exact) mass is 295 g/mol. The van der Waals surface area contributed by atoms with Crippen LogP contribution in [0.25, 0.3) is 0 Å². The molecule has 0 aromatic heterocycles. The van der Waals surface area contributed by atoms with Gasteiger partial charge in [-0.25, -0.2) is 0 Å². The first kappa shape index (κ1) is 16.3. The van der Waals surface area contributed by atoms with E-state index in [9.17, 15) is 4.79 Å². The van der Waals surface area contributed by atoms with Gasteiger partial charge in [-0.05, 0) is 43.9 Å². The van der Waals surface area contributed by atoms with Gasteiger partial charge in [0, 0.05) is 0 Å². The highest BCUT2D eigenvalue weighted by Gasteiger charge is 2.13. The van der Waals surface area contributed by atoms with Crippen molar-refractivity contribution in [2.45, 2.75) is 46.6 Å². The summed E-state index contributed by atoms with van der Waals surface area (Å²) < 4.78 is 0. The number of rotatable bonds is 5. The van der Waals surface area contributed by atoms with E-state index in [4.69, 9.17) is 0 Å². The van der Waals surface area contributed by atoms with Crippen LogP contribution in [-0.4, -0.2) is 5.91 Å². The number of nitrogens with one attached hydrogen (secondary N) is 1. The van der Waals surface area contributed by atoms with Gasteiger partial charge >= 0.3 is 0 Å². The Balaban J connectivity index is 2.04. The lowest BCUT2D eigenvalue weighted by Crippen LogP contribution is -2.29. The van der Waals surface area contributed by atoms with Gasteiger partial charge in [0.2, 0.25) is 5.91 Å². The third-order valence-corrected chi connectivity index (χ3v) is 4.07. The second kappa shape index (κ2) is 7.26. The fourth-order valence-electron chi connectivity index (χ4n) is 2.68. The van der Waals surface area contributed by atoms with Crippen LogP contribution in [0.2, 0.25) is 0 Å². The normalized spacial score (nSPS) is 12.0. The summed E-state index contributed by atoms with van der Waals surface area (Å²) in [7, 11) is 0. The highest BCUT2D eigenvalue weighted by molar-refractivity contribution is 5.79. The Hall–Kier alpha value is -2.09. The maximum atomic E-state index is 12.3. The molecule has 0 saturated heterocycles. The van der Waals surface area contributed by atoms with E-state index in [0.717, 1.165) is 12.0 Å². The van der Waals surface area contributed by atoms with Crippen LogP contribution in [0.1, 0.15) is 47.2 Å². The van der Waals surface area contributed by atoms with Gasteiger partial charge in [-0.1, -0.05) is 60.5 Å². The van der Waals surface area contributed by atoms with Gasteiger partial charge in [-0.2, -0.15) is 0 Å². The Bertz CT molecular complexity index is 643. The molecule has 116 valence electrons. The van der Waals surface area contributed by atoms with Gasteiger partial charge in [-0.3, -0.25) is 4.79 Å². The summed E-state index contributed by atoms with van der Waals surface area (Å²) in [5, 5.41) is 3.15. The maximum absolute atomic E-state index is 12.3. The largest absolute Gasteiger partial charge is 0.349 e. The minimum absolute atomic E-state index is 0.0823. The Morgan fingerprint density at radius 1 is 1.00 bits per heavy atom. The molecule has 1 N–H and O–H groups in total. The number of carbonyl (C=O) groups is 1. The molecule has 2 nitrogen and oxygen atoms in total. The molecule has 2 aromatic rings. The van der Waals surface area contributed by atoms with E-state index in [1.165, 1.54) is 22.3 Å². The highest BCUT2D eigenvalue weighted by atomic mass is 16.1. The zero-order valence-electron chi connectivity index (χ0n) is 13.9. The van der Waals surface area contributed by atoms with E-state index in [-0.39, 0.29) is 11.9 Å². The molecule has 0 radical (unpaired) electrons. The maximum Gasteiger partial charge on any atom is 0.224 e. The fraction of sp³-hybridized carbons (Fsp3) is 0.350. The van der Waals surface area contributed by atoms with Crippen molar-refractivity contribution in [1.29, 1.82) is 0 Å². The van der Waals surface area contributed by atoms with Crippen LogP contribution in [0.4, 0.5) is 0 Å². The summed E-state index contributed by atoms with van der Waals surface area (Å²) in [6, 6.07) is 14.7. The summed E-state index contributed by atoms with van der Waals surface area (Å²) in [6.07, 6.45) is 1.33. The van der Waals surface area contributed by atoms with E-state index in [0.29, 0.717) is 6.42 Å². The zero-order valence-corrected chi connectivity index (χ0v) is 13.9. The molecule has 0 fully saturated rings.